The van der Waals surface area contributed by atoms with E-state index in [1.807, 2.05) is 42.5 Å². The van der Waals surface area contributed by atoms with Crippen LogP contribution in [0.5, 0.6) is 11.5 Å². The summed E-state index contributed by atoms with van der Waals surface area (Å²) in [6.45, 7) is 0. The average Bonchev–Trinajstić information content (AvgIpc) is 2.47. The number of hydrogen-bond donors (Lipinski definition) is 0. The maximum atomic E-state index is 9.13. The first-order valence-corrected chi connectivity index (χ1v) is 6.51. The summed E-state index contributed by atoms with van der Waals surface area (Å²) in [5.74, 6) is 1.15. The summed E-state index contributed by atoms with van der Waals surface area (Å²) in [5, 5.41) is 11.8. The van der Waals surface area contributed by atoms with Gasteiger partial charge in [0.2, 0.25) is 0 Å². The summed E-state index contributed by atoms with van der Waals surface area (Å²) < 4.78 is 5.78. The number of ether oxygens (including phenoxy) is 1. The van der Waals surface area contributed by atoms with Crippen LogP contribution >= 0.6 is 11.6 Å². The van der Waals surface area contributed by atoms with Gasteiger partial charge in [-0.15, -0.1) is 0 Å². The van der Waals surface area contributed by atoms with Crippen LogP contribution in [0.25, 0.3) is 10.8 Å². The Morgan fingerprint density at radius 3 is 2.50 bits per heavy atom. The van der Waals surface area contributed by atoms with E-state index < -0.39 is 0 Å². The predicted octanol–water partition coefficient (Wildman–Crippen LogP) is 5.16. The Morgan fingerprint density at radius 1 is 0.900 bits per heavy atom. The minimum Gasteiger partial charge on any atom is -0.456 e. The smallest absolute Gasteiger partial charge is 0.146 e. The van der Waals surface area contributed by atoms with Crippen LogP contribution in [0.15, 0.2) is 60.7 Å². The molecule has 0 aliphatic carbocycles. The van der Waals surface area contributed by atoms with Gasteiger partial charge in [-0.2, -0.15) is 5.26 Å². The Hall–Kier alpha value is -2.50. The third-order valence-corrected chi connectivity index (χ3v) is 3.35. The summed E-state index contributed by atoms with van der Waals surface area (Å²) >= 11 is 5.99. The van der Waals surface area contributed by atoms with Crippen molar-refractivity contribution < 1.29 is 4.74 Å². The van der Waals surface area contributed by atoms with Crippen molar-refractivity contribution in [2.75, 3.05) is 0 Å². The highest BCUT2D eigenvalue weighted by Crippen LogP contribution is 2.31. The molecule has 0 radical (unpaired) electrons. The molecular formula is C17H10ClNO. The van der Waals surface area contributed by atoms with Crippen molar-refractivity contribution in [1.29, 1.82) is 5.26 Å². The first-order valence-electron chi connectivity index (χ1n) is 6.13. The Balaban J connectivity index is 2.02. The van der Waals surface area contributed by atoms with Gasteiger partial charge in [0, 0.05) is 0 Å². The van der Waals surface area contributed by atoms with Crippen LogP contribution in [-0.2, 0) is 0 Å². The maximum absolute atomic E-state index is 9.13. The molecule has 3 aromatic carbocycles. The summed E-state index contributed by atoms with van der Waals surface area (Å²) in [4.78, 5) is 0. The van der Waals surface area contributed by atoms with Gasteiger partial charge in [-0.05, 0) is 35.0 Å². The number of fused-ring (bicyclic) bond motifs is 1. The largest absolute Gasteiger partial charge is 0.456 e. The van der Waals surface area contributed by atoms with Crippen molar-refractivity contribution in [2.45, 2.75) is 0 Å². The first-order chi connectivity index (χ1) is 9.78. The molecule has 3 aromatic rings. The first kappa shape index (κ1) is 12.5. The van der Waals surface area contributed by atoms with Gasteiger partial charge in [0.1, 0.15) is 23.1 Å². The quantitative estimate of drug-likeness (QED) is 0.649. The van der Waals surface area contributed by atoms with Crippen LogP contribution in [-0.4, -0.2) is 0 Å². The van der Waals surface area contributed by atoms with Gasteiger partial charge in [0.25, 0.3) is 0 Å². The Morgan fingerprint density at radius 2 is 1.70 bits per heavy atom. The Bertz CT molecular complexity index is 821. The lowest BCUT2D eigenvalue weighted by atomic mass is 10.1. The van der Waals surface area contributed by atoms with Crippen LogP contribution in [0, 0.1) is 11.3 Å². The summed E-state index contributed by atoms with van der Waals surface area (Å²) in [5.41, 5.74) is 0.349. The maximum Gasteiger partial charge on any atom is 0.146 e. The summed E-state index contributed by atoms with van der Waals surface area (Å²) in [7, 11) is 0. The molecule has 0 spiro atoms. The van der Waals surface area contributed by atoms with Gasteiger partial charge in [0.05, 0.1) is 5.02 Å². The van der Waals surface area contributed by atoms with Crippen LogP contribution in [0.4, 0.5) is 0 Å². The van der Waals surface area contributed by atoms with E-state index in [4.69, 9.17) is 21.6 Å². The number of nitriles is 1. The van der Waals surface area contributed by atoms with E-state index in [0.717, 1.165) is 10.8 Å². The standard InChI is InChI=1S/C17H10ClNO/c18-16-6-3-7-17(15(16)11-19)20-14-9-8-12-4-1-2-5-13(12)10-14/h1-10H. The van der Waals surface area contributed by atoms with Crippen molar-refractivity contribution in [3.63, 3.8) is 0 Å². The zero-order chi connectivity index (χ0) is 13.9. The topological polar surface area (TPSA) is 33.0 Å². The lowest BCUT2D eigenvalue weighted by Gasteiger charge is -2.09. The highest BCUT2D eigenvalue weighted by molar-refractivity contribution is 6.31. The average molecular weight is 280 g/mol. The number of nitrogens with zero attached hydrogens (tertiary/aromatic N) is 1. The molecule has 0 aliphatic rings. The molecule has 96 valence electrons. The zero-order valence-corrected chi connectivity index (χ0v) is 11.3. The van der Waals surface area contributed by atoms with E-state index in [1.54, 1.807) is 18.2 Å². The number of hydrogen-bond acceptors (Lipinski definition) is 2. The predicted molar refractivity (Wildman–Crippen MR) is 80.2 cm³/mol. The molecule has 0 amide bonds. The van der Waals surface area contributed by atoms with E-state index in [9.17, 15) is 0 Å². The molecule has 0 N–H and O–H groups in total. The highest BCUT2D eigenvalue weighted by atomic mass is 35.5. The lowest BCUT2D eigenvalue weighted by molar-refractivity contribution is 0.482. The van der Waals surface area contributed by atoms with Crippen molar-refractivity contribution >= 4 is 22.4 Å². The second kappa shape index (κ2) is 5.24. The van der Waals surface area contributed by atoms with E-state index in [-0.39, 0.29) is 0 Å². The molecule has 20 heavy (non-hydrogen) atoms. The monoisotopic (exact) mass is 279 g/mol. The fourth-order valence-corrected chi connectivity index (χ4v) is 2.26. The molecule has 0 aliphatic heterocycles. The van der Waals surface area contributed by atoms with E-state index in [0.29, 0.717) is 22.1 Å². The van der Waals surface area contributed by atoms with Gasteiger partial charge in [0.15, 0.2) is 0 Å². The van der Waals surface area contributed by atoms with Crippen LogP contribution < -0.4 is 4.74 Å². The third kappa shape index (κ3) is 2.32. The molecule has 0 saturated carbocycles. The molecule has 0 bridgehead atoms. The Labute approximate surface area is 121 Å². The van der Waals surface area contributed by atoms with Gasteiger partial charge in [-0.1, -0.05) is 48.0 Å². The second-order valence-corrected chi connectivity index (χ2v) is 4.74. The van der Waals surface area contributed by atoms with Gasteiger partial charge in [-0.3, -0.25) is 0 Å². The normalized spacial score (nSPS) is 10.2. The molecule has 0 fully saturated rings. The molecule has 2 nitrogen and oxygen atoms in total. The highest BCUT2D eigenvalue weighted by Gasteiger charge is 2.08. The molecule has 0 heterocycles. The summed E-state index contributed by atoms with van der Waals surface area (Å²) in [6.07, 6.45) is 0. The van der Waals surface area contributed by atoms with Crippen molar-refractivity contribution in [2.24, 2.45) is 0 Å². The second-order valence-electron chi connectivity index (χ2n) is 4.34. The fourth-order valence-electron chi connectivity index (χ4n) is 2.06. The molecule has 3 heteroatoms. The number of halogens is 1. The fraction of sp³-hybridized carbons (Fsp3) is 0. The molecule has 0 aromatic heterocycles. The van der Waals surface area contributed by atoms with Gasteiger partial charge >= 0.3 is 0 Å². The lowest BCUT2D eigenvalue weighted by Crippen LogP contribution is -1.89. The SMILES string of the molecule is N#Cc1c(Cl)cccc1Oc1ccc2ccccc2c1. The van der Waals surface area contributed by atoms with E-state index in [1.165, 1.54) is 0 Å². The third-order valence-electron chi connectivity index (χ3n) is 3.04. The van der Waals surface area contributed by atoms with Crippen LogP contribution in [0.3, 0.4) is 0 Å². The number of rotatable bonds is 2. The van der Waals surface area contributed by atoms with Crippen molar-refractivity contribution in [3.8, 4) is 17.6 Å². The van der Waals surface area contributed by atoms with Crippen molar-refractivity contribution in [3.05, 3.63) is 71.2 Å². The van der Waals surface area contributed by atoms with Crippen molar-refractivity contribution in [1.82, 2.24) is 0 Å². The minimum absolute atomic E-state index is 0.349. The van der Waals surface area contributed by atoms with Crippen LogP contribution in [0.1, 0.15) is 5.56 Å². The van der Waals surface area contributed by atoms with E-state index >= 15 is 0 Å². The van der Waals surface area contributed by atoms with Gasteiger partial charge < -0.3 is 4.74 Å². The molecule has 0 unspecified atom stereocenters. The summed E-state index contributed by atoms with van der Waals surface area (Å²) in [6, 6.07) is 21.1. The Kier molecular flexibility index (Phi) is 3.28. The van der Waals surface area contributed by atoms with E-state index in [2.05, 4.69) is 6.07 Å². The minimum atomic E-state index is 0.349. The molecule has 3 rings (SSSR count). The molecule has 0 atom stereocenters. The molecular weight excluding hydrogens is 270 g/mol. The molecule has 0 saturated heterocycles. The number of benzene rings is 3. The van der Waals surface area contributed by atoms with Crippen LogP contribution in [0.2, 0.25) is 5.02 Å². The zero-order valence-electron chi connectivity index (χ0n) is 10.5. The van der Waals surface area contributed by atoms with Gasteiger partial charge in [-0.25, -0.2) is 0 Å².